The van der Waals surface area contributed by atoms with Crippen LogP contribution in [0.2, 0.25) is 0 Å². The van der Waals surface area contributed by atoms with Crippen molar-refractivity contribution in [3.05, 3.63) is 41.9 Å². The lowest BCUT2D eigenvalue weighted by molar-refractivity contribution is 0.437. The number of fused-ring (bicyclic) bond motifs is 1. The summed E-state index contributed by atoms with van der Waals surface area (Å²) in [5, 5.41) is 0.971. The molecule has 4 nitrogen and oxygen atoms in total. The molecule has 130 valence electrons. The van der Waals surface area contributed by atoms with Crippen molar-refractivity contribution < 1.29 is 12.8 Å². The molecule has 1 aliphatic rings. The van der Waals surface area contributed by atoms with Crippen molar-refractivity contribution >= 4 is 26.5 Å². The molecule has 1 aromatic carbocycles. The van der Waals surface area contributed by atoms with Crippen LogP contribution in [-0.4, -0.2) is 36.5 Å². The molecule has 0 amide bonds. The Bertz CT molecular complexity index is 868. The molecule has 0 radical (unpaired) electrons. The Morgan fingerprint density at radius 1 is 1.33 bits per heavy atom. The number of hydrogen-bond donors (Lipinski definition) is 1. The second-order valence-electron chi connectivity index (χ2n) is 6.73. The fraction of sp³-hybridized carbons (Fsp3) is 0.444. The summed E-state index contributed by atoms with van der Waals surface area (Å²) in [5.41, 5.74) is 2.91. The molecule has 2 aromatic rings. The molecule has 0 atom stereocenters. The predicted molar refractivity (Wildman–Crippen MR) is 95.7 cm³/mol. The number of aromatic amines is 1. The maximum Gasteiger partial charge on any atom is 0.214 e. The molecule has 0 bridgehead atoms. The molecule has 1 aromatic heterocycles. The molecule has 1 aliphatic heterocycles. The van der Waals surface area contributed by atoms with Gasteiger partial charge in [0.15, 0.2) is 0 Å². The van der Waals surface area contributed by atoms with Gasteiger partial charge >= 0.3 is 0 Å². The molecule has 2 heterocycles. The third-order valence-electron chi connectivity index (χ3n) is 4.51. The highest BCUT2D eigenvalue weighted by molar-refractivity contribution is 7.89. The van der Waals surface area contributed by atoms with Crippen molar-refractivity contribution in [3.63, 3.8) is 0 Å². The third-order valence-corrected chi connectivity index (χ3v) is 6.38. The minimum atomic E-state index is -3.19. The van der Waals surface area contributed by atoms with Crippen LogP contribution in [0.3, 0.4) is 0 Å². The van der Waals surface area contributed by atoms with E-state index in [2.05, 4.69) is 4.98 Å². The van der Waals surface area contributed by atoms with Gasteiger partial charge in [0.05, 0.1) is 5.75 Å². The highest BCUT2D eigenvalue weighted by Crippen LogP contribution is 2.30. The second-order valence-corrected chi connectivity index (χ2v) is 8.82. The molecule has 0 saturated carbocycles. The van der Waals surface area contributed by atoms with Gasteiger partial charge in [-0.25, -0.2) is 12.8 Å². The monoisotopic (exact) mass is 350 g/mol. The van der Waals surface area contributed by atoms with Crippen molar-refractivity contribution in [1.29, 1.82) is 0 Å². The zero-order valence-corrected chi connectivity index (χ0v) is 14.9. The molecule has 0 unspecified atom stereocenters. The van der Waals surface area contributed by atoms with E-state index >= 15 is 0 Å². The van der Waals surface area contributed by atoms with Crippen LogP contribution in [0.5, 0.6) is 0 Å². The summed E-state index contributed by atoms with van der Waals surface area (Å²) in [6, 6.07) is 4.69. The van der Waals surface area contributed by atoms with Crippen LogP contribution < -0.4 is 0 Å². The molecular weight excluding hydrogens is 327 g/mol. The Kier molecular flexibility index (Phi) is 4.78. The molecule has 1 N–H and O–H groups in total. The van der Waals surface area contributed by atoms with Crippen LogP contribution in [0.4, 0.5) is 4.39 Å². The van der Waals surface area contributed by atoms with Gasteiger partial charge in [-0.3, -0.25) is 0 Å². The van der Waals surface area contributed by atoms with Crippen LogP contribution in [0, 0.1) is 11.7 Å². The molecule has 24 heavy (non-hydrogen) atoms. The molecule has 0 spiro atoms. The van der Waals surface area contributed by atoms with Gasteiger partial charge < -0.3 is 4.98 Å². The summed E-state index contributed by atoms with van der Waals surface area (Å²) in [6.07, 6.45) is 5.20. The molecule has 0 saturated heterocycles. The minimum absolute atomic E-state index is 0.209. The minimum Gasteiger partial charge on any atom is -0.360 e. The Labute approximate surface area is 142 Å². The van der Waals surface area contributed by atoms with Gasteiger partial charge in [-0.15, -0.1) is 0 Å². The summed E-state index contributed by atoms with van der Waals surface area (Å²) in [4.78, 5) is 3.09. The lowest BCUT2D eigenvalue weighted by Gasteiger charge is -2.26. The van der Waals surface area contributed by atoms with E-state index in [1.807, 2.05) is 26.1 Å². The van der Waals surface area contributed by atoms with Crippen LogP contribution in [-0.2, 0) is 10.0 Å². The van der Waals surface area contributed by atoms with E-state index in [0.29, 0.717) is 31.8 Å². The Morgan fingerprint density at radius 3 is 2.79 bits per heavy atom. The number of rotatable bonds is 5. The number of halogens is 1. The van der Waals surface area contributed by atoms with Gasteiger partial charge in [0.1, 0.15) is 5.82 Å². The molecule has 0 aliphatic carbocycles. The Morgan fingerprint density at radius 2 is 2.12 bits per heavy atom. The summed E-state index contributed by atoms with van der Waals surface area (Å²) < 4.78 is 39.6. The largest absolute Gasteiger partial charge is 0.360 e. The second kappa shape index (κ2) is 6.69. The van der Waals surface area contributed by atoms with E-state index in [9.17, 15) is 12.8 Å². The number of aromatic nitrogens is 1. The first-order valence-electron chi connectivity index (χ1n) is 8.30. The molecule has 0 fully saturated rings. The van der Waals surface area contributed by atoms with Gasteiger partial charge in [-0.05, 0) is 42.5 Å². The van der Waals surface area contributed by atoms with Crippen molar-refractivity contribution in [2.24, 2.45) is 5.92 Å². The highest BCUT2D eigenvalue weighted by atomic mass is 32.2. The highest BCUT2D eigenvalue weighted by Gasteiger charge is 2.25. The maximum atomic E-state index is 13.3. The van der Waals surface area contributed by atoms with E-state index in [-0.39, 0.29) is 11.6 Å². The standard InChI is InChI=1S/C18H23FN2O2S/c1-13(2)7-10-24(22,23)21-8-5-14(6-9-21)17-12-20-18-11-15(19)3-4-16(17)18/h3-5,11-13,20H,6-10H2,1-2H3. The maximum absolute atomic E-state index is 13.3. The topological polar surface area (TPSA) is 53.2 Å². The summed E-state index contributed by atoms with van der Waals surface area (Å²) in [7, 11) is -3.19. The van der Waals surface area contributed by atoms with Crippen LogP contribution in [0.1, 0.15) is 32.3 Å². The molecule has 3 rings (SSSR count). The predicted octanol–water partition coefficient (Wildman–Crippen LogP) is 3.77. The average Bonchev–Trinajstić information content (AvgIpc) is 2.96. The van der Waals surface area contributed by atoms with Crippen molar-refractivity contribution in [1.82, 2.24) is 9.29 Å². The average molecular weight is 350 g/mol. The lowest BCUT2D eigenvalue weighted by atomic mass is 10.00. The smallest absolute Gasteiger partial charge is 0.214 e. The Balaban J connectivity index is 1.77. The van der Waals surface area contributed by atoms with Gasteiger partial charge in [-0.2, -0.15) is 4.31 Å². The van der Waals surface area contributed by atoms with E-state index in [0.717, 1.165) is 22.0 Å². The van der Waals surface area contributed by atoms with Crippen molar-refractivity contribution in [2.75, 3.05) is 18.8 Å². The number of nitrogens with zero attached hydrogens (tertiary/aromatic N) is 1. The number of H-pyrrole nitrogens is 1. The van der Waals surface area contributed by atoms with Crippen LogP contribution in [0.25, 0.3) is 16.5 Å². The van der Waals surface area contributed by atoms with Crippen LogP contribution in [0.15, 0.2) is 30.5 Å². The van der Waals surface area contributed by atoms with E-state index in [1.165, 1.54) is 12.1 Å². The van der Waals surface area contributed by atoms with Gasteiger partial charge in [0, 0.05) is 35.8 Å². The van der Waals surface area contributed by atoms with Gasteiger partial charge in [0.25, 0.3) is 0 Å². The van der Waals surface area contributed by atoms with Crippen molar-refractivity contribution in [2.45, 2.75) is 26.7 Å². The van der Waals surface area contributed by atoms with E-state index < -0.39 is 10.0 Å². The van der Waals surface area contributed by atoms with Crippen molar-refractivity contribution in [3.8, 4) is 0 Å². The van der Waals surface area contributed by atoms with Crippen LogP contribution >= 0.6 is 0 Å². The first-order chi connectivity index (χ1) is 11.4. The summed E-state index contributed by atoms with van der Waals surface area (Å²) >= 11 is 0. The number of benzene rings is 1. The first-order valence-corrected chi connectivity index (χ1v) is 9.91. The SMILES string of the molecule is CC(C)CCS(=O)(=O)N1CC=C(c2c[nH]c3cc(F)ccc23)CC1. The number of sulfonamides is 1. The van der Waals surface area contributed by atoms with Gasteiger partial charge in [-0.1, -0.05) is 19.9 Å². The lowest BCUT2D eigenvalue weighted by Crippen LogP contribution is -2.36. The zero-order chi connectivity index (χ0) is 17.3. The molecular formula is C18H23FN2O2S. The number of hydrogen-bond acceptors (Lipinski definition) is 2. The summed E-state index contributed by atoms with van der Waals surface area (Å²) in [5.74, 6) is 0.318. The quantitative estimate of drug-likeness (QED) is 0.892. The normalized spacial score (nSPS) is 16.8. The first kappa shape index (κ1) is 17.2. The van der Waals surface area contributed by atoms with E-state index in [4.69, 9.17) is 0 Å². The van der Waals surface area contributed by atoms with E-state index in [1.54, 1.807) is 10.4 Å². The number of nitrogens with one attached hydrogen (secondary N) is 1. The third kappa shape index (κ3) is 3.54. The fourth-order valence-corrected chi connectivity index (χ4v) is 4.72. The zero-order valence-electron chi connectivity index (χ0n) is 14.0. The fourth-order valence-electron chi connectivity index (χ4n) is 3.03. The summed E-state index contributed by atoms with van der Waals surface area (Å²) in [6.45, 7) is 4.97. The van der Waals surface area contributed by atoms with Gasteiger partial charge in [0.2, 0.25) is 10.0 Å². The molecule has 6 heteroatoms. The Hall–Kier alpha value is -1.66.